The minimum absolute atomic E-state index is 0. The molecule has 0 heterocycles. The quantitative estimate of drug-likeness (QED) is 0.370. The van der Waals surface area contributed by atoms with E-state index in [4.69, 9.17) is 0 Å². The molecule has 0 amide bonds. The second kappa shape index (κ2) is 3.93. The smallest absolute Gasteiger partial charge is 0.00449 e. The molecule has 0 rings (SSSR count). The van der Waals surface area contributed by atoms with Crippen molar-refractivity contribution in [3.05, 3.63) is 0 Å². The third-order valence-corrected chi connectivity index (χ3v) is 0. The minimum Gasteiger partial charge on any atom is -0.173 e. The SMILES string of the molecule is CC(C)(C)S.[K]. The maximum absolute atomic E-state index is 4.12. The second-order valence-corrected chi connectivity index (χ2v) is 3.51. The van der Waals surface area contributed by atoms with Crippen molar-refractivity contribution in [3.63, 3.8) is 0 Å². The van der Waals surface area contributed by atoms with E-state index in [1.165, 1.54) is 0 Å². The Labute approximate surface area is 87.9 Å². The largest absolute Gasteiger partial charge is 0.173 e. The van der Waals surface area contributed by atoms with Gasteiger partial charge in [0, 0.05) is 56.1 Å². The first-order valence-electron chi connectivity index (χ1n) is 1.72. The van der Waals surface area contributed by atoms with Gasteiger partial charge in [-0.1, -0.05) is 20.8 Å². The molecule has 0 aliphatic carbocycles. The van der Waals surface area contributed by atoms with E-state index in [2.05, 4.69) is 33.4 Å². The molecule has 33 valence electrons. The van der Waals surface area contributed by atoms with Crippen LogP contribution in [-0.2, 0) is 0 Å². The Kier molecular flexibility index (Phi) is 7.12. The Morgan fingerprint density at radius 2 is 1.17 bits per heavy atom. The third kappa shape index (κ3) is 37.7. The zero-order chi connectivity index (χ0) is 4.50. The Morgan fingerprint density at radius 3 is 1.17 bits per heavy atom. The fourth-order valence-corrected chi connectivity index (χ4v) is 0. The summed E-state index contributed by atoms with van der Waals surface area (Å²) in [4.78, 5) is 0. The molecule has 0 aliphatic rings. The number of hydrogen-bond acceptors (Lipinski definition) is 1. The second-order valence-electron chi connectivity index (χ2n) is 2.17. The van der Waals surface area contributed by atoms with Crippen molar-refractivity contribution in [2.45, 2.75) is 25.5 Å². The van der Waals surface area contributed by atoms with Gasteiger partial charge in [0.25, 0.3) is 0 Å². The molecule has 0 N–H and O–H groups in total. The van der Waals surface area contributed by atoms with Crippen LogP contribution in [0.15, 0.2) is 0 Å². The Morgan fingerprint density at radius 1 is 1.17 bits per heavy atom. The maximum atomic E-state index is 4.12. The fourth-order valence-electron chi connectivity index (χ4n) is 0. The van der Waals surface area contributed by atoms with Crippen molar-refractivity contribution in [1.29, 1.82) is 0 Å². The van der Waals surface area contributed by atoms with Gasteiger partial charge >= 0.3 is 0 Å². The Bertz CT molecular complexity index is 23.0. The molecule has 0 saturated carbocycles. The van der Waals surface area contributed by atoms with Crippen molar-refractivity contribution >= 4 is 64.0 Å². The van der Waals surface area contributed by atoms with E-state index in [9.17, 15) is 0 Å². The maximum Gasteiger partial charge on any atom is 0.00449 e. The summed E-state index contributed by atoms with van der Waals surface area (Å²) in [5.41, 5.74) is 0. The van der Waals surface area contributed by atoms with E-state index >= 15 is 0 Å². The molecule has 0 atom stereocenters. The average Bonchev–Trinajstić information content (AvgIpc) is 0.722. The summed E-state index contributed by atoms with van der Waals surface area (Å²) in [7, 11) is 0. The van der Waals surface area contributed by atoms with Crippen LogP contribution >= 0.6 is 12.6 Å². The Hall–Kier alpha value is 1.99. The summed E-state index contributed by atoms with van der Waals surface area (Å²) in [6, 6.07) is 0. The molecule has 0 bridgehead atoms. The number of rotatable bonds is 0. The third-order valence-electron chi connectivity index (χ3n) is 0. The molecule has 0 spiro atoms. The van der Waals surface area contributed by atoms with Crippen molar-refractivity contribution in [2.24, 2.45) is 0 Å². The van der Waals surface area contributed by atoms with Gasteiger partial charge < -0.3 is 0 Å². The molecular formula is C4H10KS. The molecule has 0 aliphatic heterocycles. The topological polar surface area (TPSA) is 0 Å². The van der Waals surface area contributed by atoms with Crippen LogP contribution in [-0.4, -0.2) is 56.1 Å². The van der Waals surface area contributed by atoms with E-state index in [1.54, 1.807) is 0 Å². The summed E-state index contributed by atoms with van der Waals surface area (Å²) in [5, 5.41) is 0. The van der Waals surface area contributed by atoms with Crippen LogP contribution in [0.25, 0.3) is 0 Å². The van der Waals surface area contributed by atoms with Crippen LogP contribution < -0.4 is 0 Å². The van der Waals surface area contributed by atoms with E-state index in [-0.39, 0.29) is 56.1 Å². The predicted molar refractivity (Wildman–Crippen MR) is 34.5 cm³/mol. The summed E-state index contributed by atoms with van der Waals surface area (Å²) >= 11 is 4.12. The van der Waals surface area contributed by atoms with Gasteiger partial charge in [-0.05, 0) is 0 Å². The van der Waals surface area contributed by atoms with E-state index in [0.717, 1.165) is 0 Å². The van der Waals surface area contributed by atoms with Gasteiger partial charge in [0.05, 0.1) is 0 Å². The van der Waals surface area contributed by atoms with E-state index < -0.39 is 0 Å². The van der Waals surface area contributed by atoms with E-state index in [1.807, 2.05) is 0 Å². The summed E-state index contributed by atoms with van der Waals surface area (Å²) in [6.45, 7) is 6.16. The van der Waals surface area contributed by atoms with Gasteiger partial charge in [-0.15, -0.1) is 0 Å². The van der Waals surface area contributed by atoms with Crippen molar-refractivity contribution in [1.82, 2.24) is 0 Å². The van der Waals surface area contributed by atoms with Gasteiger partial charge in [0.1, 0.15) is 0 Å². The first-order valence-corrected chi connectivity index (χ1v) is 2.17. The van der Waals surface area contributed by atoms with Crippen molar-refractivity contribution < 1.29 is 0 Å². The molecule has 0 aromatic rings. The first kappa shape index (κ1) is 10.9. The molecule has 0 aromatic carbocycles. The molecule has 0 fully saturated rings. The monoisotopic (exact) mass is 129 g/mol. The molecule has 0 saturated heterocycles. The molecule has 0 unspecified atom stereocenters. The average molecular weight is 129 g/mol. The van der Waals surface area contributed by atoms with E-state index in [0.29, 0.717) is 0 Å². The summed E-state index contributed by atoms with van der Waals surface area (Å²) in [6.07, 6.45) is 0. The van der Waals surface area contributed by atoms with Gasteiger partial charge in [0.2, 0.25) is 0 Å². The predicted octanol–water partition coefficient (Wildman–Crippen LogP) is 1.33. The number of hydrogen-bond donors (Lipinski definition) is 1. The van der Waals surface area contributed by atoms with Crippen molar-refractivity contribution in [2.75, 3.05) is 0 Å². The van der Waals surface area contributed by atoms with Crippen LogP contribution in [0, 0.1) is 0 Å². The van der Waals surface area contributed by atoms with Gasteiger partial charge in [0.15, 0.2) is 0 Å². The molecular weight excluding hydrogens is 119 g/mol. The fraction of sp³-hybridized carbons (Fsp3) is 1.00. The zero-order valence-corrected chi connectivity index (χ0v) is 8.96. The minimum atomic E-state index is 0. The van der Waals surface area contributed by atoms with Crippen LogP contribution in [0.4, 0.5) is 0 Å². The summed E-state index contributed by atoms with van der Waals surface area (Å²) < 4.78 is 0.194. The molecule has 2 heteroatoms. The van der Waals surface area contributed by atoms with Gasteiger partial charge in [-0.25, -0.2) is 0 Å². The molecule has 6 heavy (non-hydrogen) atoms. The van der Waals surface area contributed by atoms with Gasteiger partial charge in [-0.2, -0.15) is 12.6 Å². The molecule has 1 radical (unpaired) electrons. The van der Waals surface area contributed by atoms with Gasteiger partial charge in [-0.3, -0.25) is 0 Å². The van der Waals surface area contributed by atoms with Crippen LogP contribution in [0.1, 0.15) is 20.8 Å². The van der Waals surface area contributed by atoms with Crippen LogP contribution in [0.5, 0.6) is 0 Å². The standard InChI is InChI=1S/C4H10S.K/c1-4(2,3)5;/h5H,1-3H3;. The molecule has 0 aromatic heterocycles. The van der Waals surface area contributed by atoms with Crippen LogP contribution in [0.2, 0.25) is 0 Å². The summed E-state index contributed by atoms with van der Waals surface area (Å²) in [5.74, 6) is 0. The Balaban J connectivity index is 0. The normalized spacial score (nSPS) is 10.0. The van der Waals surface area contributed by atoms with Crippen LogP contribution in [0.3, 0.4) is 0 Å². The molecule has 0 nitrogen and oxygen atoms in total. The first-order chi connectivity index (χ1) is 2.00. The van der Waals surface area contributed by atoms with Crippen molar-refractivity contribution in [3.8, 4) is 0 Å². The zero-order valence-electron chi connectivity index (χ0n) is 4.95. The number of thiol groups is 1.